The maximum absolute atomic E-state index is 3.77. The molecule has 0 aromatic carbocycles. The van der Waals surface area contributed by atoms with E-state index in [9.17, 15) is 0 Å². The highest BCUT2D eigenvalue weighted by atomic mass is 15.0. The zero-order valence-electron chi connectivity index (χ0n) is 9.60. The average molecular weight is 196 g/mol. The highest BCUT2D eigenvalue weighted by molar-refractivity contribution is 4.91. The van der Waals surface area contributed by atoms with Gasteiger partial charge in [0.2, 0.25) is 0 Å². The molecule has 1 aliphatic heterocycles. The van der Waals surface area contributed by atoms with Gasteiger partial charge in [0.05, 0.1) is 0 Å². The van der Waals surface area contributed by atoms with Gasteiger partial charge in [0.1, 0.15) is 0 Å². The van der Waals surface area contributed by atoms with Crippen LogP contribution < -0.4 is 10.6 Å². The summed E-state index contributed by atoms with van der Waals surface area (Å²) in [4.78, 5) is 0. The number of hydrogen-bond donors (Lipinski definition) is 2. The molecular weight excluding hydrogens is 172 g/mol. The molecule has 1 unspecified atom stereocenters. The predicted molar refractivity (Wildman–Crippen MR) is 60.4 cm³/mol. The van der Waals surface area contributed by atoms with Crippen molar-refractivity contribution < 1.29 is 0 Å². The first-order chi connectivity index (χ1) is 6.68. The molecule has 0 spiro atoms. The van der Waals surface area contributed by atoms with E-state index in [-0.39, 0.29) is 0 Å². The first-order valence-electron chi connectivity index (χ1n) is 6.12. The van der Waals surface area contributed by atoms with E-state index in [4.69, 9.17) is 0 Å². The van der Waals surface area contributed by atoms with Gasteiger partial charge in [0.25, 0.3) is 0 Å². The Bertz CT molecular complexity index is 185. The number of nitrogens with one attached hydrogen (secondary N) is 2. The summed E-state index contributed by atoms with van der Waals surface area (Å²) in [6, 6.07) is 0.726. The van der Waals surface area contributed by atoms with Crippen molar-refractivity contribution in [3.63, 3.8) is 0 Å². The summed E-state index contributed by atoms with van der Waals surface area (Å²) in [5.74, 6) is 0.987. The second kappa shape index (κ2) is 4.19. The molecular formula is C12H24N2. The lowest BCUT2D eigenvalue weighted by Crippen LogP contribution is -2.54. The molecule has 1 heterocycles. The van der Waals surface area contributed by atoms with Gasteiger partial charge in [-0.2, -0.15) is 0 Å². The fourth-order valence-corrected chi connectivity index (χ4v) is 2.56. The maximum Gasteiger partial charge on any atom is 0.0142 e. The highest BCUT2D eigenvalue weighted by Crippen LogP contribution is 2.28. The fourth-order valence-electron chi connectivity index (χ4n) is 2.56. The number of piperidine rings is 1. The molecule has 82 valence electrons. The second-order valence-corrected chi connectivity index (χ2v) is 5.71. The van der Waals surface area contributed by atoms with Gasteiger partial charge in [0.15, 0.2) is 0 Å². The van der Waals surface area contributed by atoms with Gasteiger partial charge in [-0.25, -0.2) is 0 Å². The minimum absolute atomic E-state index is 0.433. The van der Waals surface area contributed by atoms with Crippen LogP contribution in [0.5, 0.6) is 0 Å². The van der Waals surface area contributed by atoms with Crippen LogP contribution in [0.25, 0.3) is 0 Å². The lowest BCUT2D eigenvalue weighted by atomic mass is 9.79. The summed E-state index contributed by atoms with van der Waals surface area (Å²) in [5.41, 5.74) is 0.433. The van der Waals surface area contributed by atoms with Crippen LogP contribution in [0.2, 0.25) is 0 Å². The summed E-state index contributed by atoms with van der Waals surface area (Å²) in [5, 5.41) is 7.25. The number of hydrogen-bond acceptors (Lipinski definition) is 2. The van der Waals surface area contributed by atoms with Crippen LogP contribution >= 0.6 is 0 Å². The largest absolute Gasteiger partial charge is 0.316 e. The zero-order chi connectivity index (χ0) is 10.0. The van der Waals surface area contributed by atoms with Crippen LogP contribution in [0, 0.1) is 11.3 Å². The van der Waals surface area contributed by atoms with Gasteiger partial charge in [-0.1, -0.05) is 20.3 Å². The highest BCUT2D eigenvalue weighted by Gasteiger charge is 2.32. The fraction of sp³-hybridized carbons (Fsp3) is 1.00. The molecule has 2 nitrogen and oxygen atoms in total. The Morgan fingerprint density at radius 1 is 1.29 bits per heavy atom. The van der Waals surface area contributed by atoms with Crippen molar-refractivity contribution in [2.45, 2.75) is 45.6 Å². The van der Waals surface area contributed by atoms with Crippen molar-refractivity contribution in [2.24, 2.45) is 11.3 Å². The summed E-state index contributed by atoms with van der Waals surface area (Å²) in [7, 11) is 0. The van der Waals surface area contributed by atoms with E-state index in [2.05, 4.69) is 24.5 Å². The van der Waals surface area contributed by atoms with Crippen molar-refractivity contribution >= 4 is 0 Å². The molecule has 2 fully saturated rings. The van der Waals surface area contributed by atoms with Crippen LogP contribution in [0.15, 0.2) is 0 Å². The van der Waals surface area contributed by atoms with E-state index in [0.29, 0.717) is 5.41 Å². The maximum atomic E-state index is 3.77. The second-order valence-electron chi connectivity index (χ2n) is 5.71. The van der Waals surface area contributed by atoms with Gasteiger partial charge >= 0.3 is 0 Å². The molecule has 0 amide bonds. The zero-order valence-corrected chi connectivity index (χ0v) is 9.60. The van der Waals surface area contributed by atoms with Crippen LogP contribution in [0.3, 0.4) is 0 Å². The van der Waals surface area contributed by atoms with Crippen LogP contribution in [-0.2, 0) is 0 Å². The minimum Gasteiger partial charge on any atom is -0.316 e. The third-order valence-corrected chi connectivity index (χ3v) is 4.01. The Morgan fingerprint density at radius 3 is 2.64 bits per heavy atom. The Balaban J connectivity index is 1.76. The van der Waals surface area contributed by atoms with Gasteiger partial charge < -0.3 is 10.6 Å². The summed E-state index contributed by atoms with van der Waals surface area (Å²) >= 11 is 0. The van der Waals surface area contributed by atoms with Crippen molar-refractivity contribution in [3.8, 4) is 0 Å². The molecule has 2 aliphatic rings. The molecule has 0 radical (unpaired) electrons. The van der Waals surface area contributed by atoms with E-state index < -0.39 is 0 Å². The van der Waals surface area contributed by atoms with E-state index in [1.807, 2.05) is 0 Å². The standard InChI is InChI=1S/C12H24N2/c1-12(2)9-13-7-6-11(12)14-8-10-4-3-5-10/h10-11,13-14H,3-9H2,1-2H3. The molecule has 14 heavy (non-hydrogen) atoms. The minimum atomic E-state index is 0.433. The molecule has 1 aliphatic carbocycles. The van der Waals surface area contributed by atoms with E-state index in [1.54, 1.807) is 0 Å². The van der Waals surface area contributed by atoms with Gasteiger partial charge in [-0.3, -0.25) is 0 Å². The van der Waals surface area contributed by atoms with Crippen molar-refractivity contribution in [1.82, 2.24) is 10.6 Å². The SMILES string of the molecule is CC1(C)CNCCC1NCC1CCC1. The Labute approximate surface area is 87.8 Å². The molecule has 2 rings (SSSR count). The first kappa shape index (κ1) is 10.4. The lowest BCUT2D eigenvalue weighted by molar-refractivity contribution is 0.168. The van der Waals surface area contributed by atoms with E-state index in [1.165, 1.54) is 38.8 Å². The van der Waals surface area contributed by atoms with Crippen LogP contribution in [-0.4, -0.2) is 25.7 Å². The van der Waals surface area contributed by atoms with Crippen molar-refractivity contribution in [3.05, 3.63) is 0 Å². The summed E-state index contributed by atoms with van der Waals surface area (Å²) in [6.07, 6.45) is 5.67. The van der Waals surface area contributed by atoms with E-state index >= 15 is 0 Å². The van der Waals surface area contributed by atoms with Gasteiger partial charge in [0, 0.05) is 12.6 Å². The molecule has 1 atom stereocenters. The van der Waals surface area contributed by atoms with Crippen LogP contribution in [0.1, 0.15) is 39.5 Å². The molecule has 0 bridgehead atoms. The molecule has 1 saturated carbocycles. The summed E-state index contributed by atoms with van der Waals surface area (Å²) in [6.45, 7) is 8.35. The normalized spacial score (nSPS) is 32.6. The third kappa shape index (κ3) is 2.29. The predicted octanol–water partition coefficient (Wildman–Crippen LogP) is 1.76. The van der Waals surface area contributed by atoms with Crippen molar-refractivity contribution in [1.29, 1.82) is 0 Å². The Morgan fingerprint density at radius 2 is 2.07 bits per heavy atom. The quantitative estimate of drug-likeness (QED) is 0.719. The van der Waals surface area contributed by atoms with Gasteiger partial charge in [-0.15, -0.1) is 0 Å². The molecule has 0 aromatic rings. The molecule has 1 saturated heterocycles. The topological polar surface area (TPSA) is 24.1 Å². The smallest absolute Gasteiger partial charge is 0.0142 e. The Kier molecular flexibility index (Phi) is 3.13. The third-order valence-electron chi connectivity index (χ3n) is 4.01. The lowest BCUT2D eigenvalue weighted by Gasteiger charge is -2.41. The summed E-state index contributed by atoms with van der Waals surface area (Å²) < 4.78 is 0. The Hall–Kier alpha value is -0.0800. The van der Waals surface area contributed by atoms with Crippen LogP contribution in [0.4, 0.5) is 0 Å². The monoisotopic (exact) mass is 196 g/mol. The van der Waals surface area contributed by atoms with Gasteiger partial charge in [-0.05, 0) is 43.7 Å². The first-order valence-corrected chi connectivity index (χ1v) is 6.12. The van der Waals surface area contributed by atoms with Crippen molar-refractivity contribution in [2.75, 3.05) is 19.6 Å². The average Bonchev–Trinajstić information content (AvgIpc) is 2.04. The number of rotatable bonds is 3. The molecule has 0 aromatic heterocycles. The molecule has 2 heteroatoms. The van der Waals surface area contributed by atoms with E-state index in [0.717, 1.165) is 18.5 Å². The molecule has 2 N–H and O–H groups in total.